The van der Waals surface area contributed by atoms with Crippen molar-refractivity contribution in [3.05, 3.63) is 20.6 Å². The highest BCUT2D eigenvalue weighted by Gasteiger charge is 2.20. The van der Waals surface area contributed by atoms with E-state index in [-0.39, 0.29) is 17.0 Å². The summed E-state index contributed by atoms with van der Waals surface area (Å²) in [4.78, 5) is 10.9. The van der Waals surface area contributed by atoms with Crippen molar-refractivity contribution >= 4 is 43.5 Å². The van der Waals surface area contributed by atoms with E-state index >= 15 is 0 Å². The third kappa shape index (κ3) is 1.85. The second kappa shape index (κ2) is 4.18. The summed E-state index contributed by atoms with van der Waals surface area (Å²) in [6.45, 7) is 0. The van der Waals surface area contributed by atoms with Crippen molar-refractivity contribution < 1.29 is 14.6 Å². The van der Waals surface area contributed by atoms with Crippen molar-refractivity contribution in [1.82, 2.24) is 0 Å². The van der Waals surface area contributed by atoms with Crippen LogP contribution in [0.3, 0.4) is 0 Å². The molecule has 76 valence electrons. The van der Waals surface area contributed by atoms with Crippen molar-refractivity contribution in [2.24, 2.45) is 0 Å². The van der Waals surface area contributed by atoms with E-state index in [4.69, 9.17) is 15.6 Å². The van der Waals surface area contributed by atoms with Crippen LogP contribution in [0.2, 0.25) is 0 Å². The van der Waals surface area contributed by atoms with E-state index in [9.17, 15) is 4.79 Å². The first kappa shape index (κ1) is 11.3. The summed E-state index contributed by atoms with van der Waals surface area (Å²) in [5.41, 5.74) is 5.70. The predicted molar refractivity (Wildman–Crippen MR) is 59.8 cm³/mol. The molecule has 0 atom stereocenters. The van der Waals surface area contributed by atoms with Crippen LogP contribution in [-0.4, -0.2) is 18.2 Å². The molecule has 0 unspecified atom stereocenters. The Morgan fingerprint density at radius 1 is 1.50 bits per heavy atom. The maximum atomic E-state index is 10.9. The van der Waals surface area contributed by atoms with E-state index in [0.717, 1.165) is 0 Å². The minimum Gasteiger partial charge on any atom is -0.495 e. The lowest BCUT2D eigenvalue weighted by molar-refractivity contribution is 0.0694. The summed E-state index contributed by atoms with van der Waals surface area (Å²) in [6, 6.07) is 1.64. The van der Waals surface area contributed by atoms with Crippen LogP contribution in [0.15, 0.2) is 15.0 Å². The first-order valence-corrected chi connectivity index (χ1v) is 5.12. The van der Waals surface area contributed by atoms with Gasteiger partial charge in [-0.05, 0) is 37.9 Å². The smallest absolute Gasteiger partial charge is 0.341 e. The lowest BCUT2D eigenvalue weighted by atomic mass is 10.1. The number of carboxylic acid groups (broad SMARTS) is 1. The number of benzene rings is 1. The molecule has 1 rings (SSSR count). The van der Waals surface area contributed by atoms with Gasteiger partial charge in [-0.25, -0.2) is 4.79 Å². The molecule has 0 aliphatic heterocycles. The average Bonchev–Trinajstić information content (AvgIpc) is 2.10. The lowest BCUT2D eigenvalue weighted by Gasteiger charge is -2.11. The van der Waals surface area contributed by atoms with Crippen LogP contribution < -0.4 is 10.5 Å². The first-order chi connectivity index (χ1) is 6.49. The molecule has 3 N–H and O–H groups in total. The number of hydrogen-bond acceptors (Lipinski definition) is 3. The van der Waals surface area contributed by atoms with Crippen molar-refractivity contribution in [2.45, 2.75) is 0 Å². The topological polar surface area (TPSA) is 72.5 Å². The van der Waals surface area contributed by atoms with Crippen LogP contribution in [0.25, 0.3) is 0 Å². The number of anilines is 1. The lowest BCUT2D eigenvalue weighted by Crippen LogP contribution is -2.06. The molecule has 14 heavy (non-hydrogen) atoms. The molecule has 0 aliphatic rings. The minimum atomic E-state index is -1.12. The van der Waals surface area contributed by atoms with Gasteiger partial charge < -0.3 is 15.6 Å². The molecule has 0 amide bonds. The highest BCUT2D eigenvalue weighted by Crippen LogP contribution is 2.37. The molecule has 0 saturated heterocycles. The molecule has 0 saturated carbocycles. The Morgan fingerprint density at radius 2 is 2.07 bits per heavy atom. The molecule has 0 aromatic heterocycles. The van der Waals surface area contributed by atoms with Crippen molar-refractivity contribution in [3.8, 4) is 5.75 Å². The van der Waals surface area contributed by atoms with Gasteiger partial charge in [0.2, 0.25) is 0 Å². The number of carboxylic acids is 1. The molecule has 0 spiro atoms. The van der Waals surface area contributed by atoms with Gasteiger partial charge in [0.15, 0.2) is 0 Å². The van der Waals surface area contributed by atoms with E-state index in [1.54, 1.807) is 6.07 Å². The molecule has 0 radical (unpaired) electrons. The van der Waals surface area contributed by atoms with Gasteiger partial charge >= 0.3 is 5.97 Å². The minimum absolute atomic E-state index is 0.0475. The number of hydrogen-bond donors (Lipinski definition) is 2. The summed E-state index contributed by atoms with van der Waals surface area (Å²) in [7, 11) is 1.39. The van der Waals surface area contributed by atoms with Crippen molar-refractivity contribution in [2.75, 3.05) is 12.8 Å². The second-order valence-corrected chi connectivity index (χ2v) is 4.18. The Bertz CT molecular complexity index is 393. The highest BCUT2D eigenvalue weighted by molar-refractivity contribution is 9.11. The summed E-state index contributed by atoms with van der Waals surface area (Å²) in [5.74, 6) is -0.903. The van der Waals surface area contributed by atoms with Gasteiger partial charge in [-0.15, -0.1) is 0 Å². The maximum absolute atomic E-state index is 10.9. The number of ether oxygens (including phenoxy) is 1. The monoisotopic (exact) mass is 323 g/mol. The quantitative estimate of drug-likeness (QED) is 0.820. The highest BCUT2D eigenvalue weighted by atomic mass is 79.9. The zero-order valence-electron chi connectivity index (χ0n) is 7.17. The first-order valence-electron chi connectivity index (χ1n) is 3.53. The number of nitrogens with two attached hydrogens (primary N) is 1. The number of rotatable bonds is 2. The third-order valence-corrected chi connectivity index (χ3v) is 2.89. The Hall–Kier alpha value is -0.750. The van der Waals surface area contributed by atoms with Crippen LogP contribution in [0.1, 0.15) is 10.4 Å². The number of methoxy groups -OCH3 is 1. The van der Waals surface area contributed by atoms with E-state index in [2.05, 4.69) is 31.9 Å². The van der Waals surface area contributed by atoms with Gasteiger partial charge in [-0.3, -0.25) is 0 Å². The molecule has 0 aliphatic carbocycles. The Kier molecular flexibility index (Phi) is 3.38. The van der Waals surface area contributed by atoms with Crippen LogP contribution in [0, 0.1) is 0 Å². The zero-order chi connectivity index (χ0) is 10.9. The second-order valence-electron chi connectivity index (χ2n) is 2.47. The summed E-state index contributed by atoms with van der Waals surface area (Å²) in [6.07, 6.45) is 0. The Balaban J connectivity index is 3.56. The molecule has 4 nitrogen and oxygen atoms in total. The molecular formula is C8H7Br2NO3. The fourth-order valence-electron chi connectivity index (χ4n) is 1.03. The SMILES string of the molecule is COc1c(Br)cc(Br)c(N)c1C(=O)O. The normalized spacial score (nSPS) is 9.93. The predicted octanol–water partition coefficient (Wildman–Crippen LogP) is 2.50. The van der Waals surface area contributed by atoms with Crippen molar-refractivity contribution in [1.29, 1.82) is 0 Å². The number of aromatic carboxylic acids is 1. The standard InChI is InChI=1S/C8H7Br2NO3/c1-14-7-4(10)2-3(9)6(11)5(7)8(12)13/h2H,11H2,1H3,(H,12,13). The number of nitrogen functional groups attached to an aromatic ring is 1. The van der Waals surface area contributed by atoms with Gasteiger partial charge in [0.05, 0.1) is 17.3 Å². The third-order valence-electron chi connectivity index (χ3n) is 1.64. The van der Waals surface area contributed by atoms with Crippen molar-refractivity contribution in [3.63, 3.8) is 0 Å². The molecular weight excluding hydrogens is 318 g/mol. The van der Waals surface area contributed by atoms with Crippen LogP contribution >= 0.6 is 31.9 Å². The Labute approximate surface area is 97.3 Å². The van der Waals surface area contributed by atoms with E-state index in [1.165, 1.54) is 7.11 Å². The average molecular weight is 325 g/mol. The maximum Gasteiger partial charge on any atom is 0.341 e. The van der Waals surface area contributed by atoms with Crippen LogP contribution in [-0.2, 0) is 0 Å². The van der Waals surface area contributed by atoms with E-state index < -0.39 is 5.97 Å². The van der Waals surface area contributed by atoms with E-state index in [1.807, 2.05) is 0 Å². The fraction of sp³-hybridized carbons (Fsp3) is 0.125. The van der Waals surface area contributed by atoms with Gasteiger partial charge in [0, 0.05) is 4.47 Å². The summed E-state index contributed by atoms with van der Waals surface area (Å²) < 4.78 is 6.00. The van der Waals surface area contributed by atoms with Crippen LogP contribution in [0.4, 0.5) is 5.69 Å². The molecule has 0 heterocycles. The van der Waals surface area contributed by atoms with Gasteiger partial charge in [-0.2, -0.15) is 0 Å². The number of halogens is 2. The number of carbonyl (C=O) groups is 1. The molecule has 0 bridgehead atoms. The van der Waals surface area contributed by atoms with Gasteiger partial charge in [-0.1, -0.05) is 0 Å². The molecule has 6 heteroatoms. The molecule has 1 aromatic carbocycles. The Morgan fingerprint density at radius 3 is 2.50 bits per heavy atom. The molecule has 1 aromatic rings. The summed E-state index contributed by atoms with van der Waals surface area (Å²) in [5, 5.41) is 8.92. The van der Waals surface area contributed by atoms with E-state index in [0.29, 0.717) is 8.95 Å². The summed E-state index contributed by atoms with van der Waals surface area (Å²) >= 11 is 6.34. The fourth-order valence-corrected chi connectivity index (χ4v) is 2.35. The van der Waals surface area contributed by atoms with Gasteiger partial charge in [0.1, 0.15) is 11.3 Å². The zero-order valence-corrected chi connectivity index (χ0v) is 10.3. The van der Waals surface area contributed by atoms with Crippen LogP contribution in [0.5, 0.6) is 5.75 Å². The largest absolute Gasteiger partial charge is 0.495 e. The van der Waals surface area contributed by atoms with Gasteiger partial charge in [0.25, 0.3) is 0 Å². The molecule has 0 fully saturated rings.